The van der Waals surface area contributed by atoms with Gasteiger partial charge in [0.15, 0.2) is 0 Å². The van der Waals surface area contributed by atoms with Crippen molar-refractivity contribution in [2.75, 3.05) is 20.3 Å². The Morgan fingerprint density at radius 2 is 1.58 bits per heavy atom. The molecule has 0 bridgehead atoms. The maximum atomic E-state index is 10.6. The summed E-state index contributed by atoms with van der Waals surface area (Å²) < 4.78 is 17.0. The molecule has 0 spiro atoms. The highest BCUT2D eigenvalue weighted by molar-refractivity contribution is 9.11. The number of non-ortho nitro benzene ring substituents is 1. The van der Waals surface area contributed by atoms with Crippen LogP contribution in [0.15, 0.2) is 59.1 Å². The Morgan fingerprint density at radius 3 is 2.17 bits per heavy atom. The van der Waals surface area contributed by atoms with Crippen molar-refractivity contribution < 1.29 is 19.1 Å². The minimum atomic E-state index is -0.448. The Morgan fingerprint density at radius 1 is 1.04 bits per heavy atom. The quantitative estimate of drug-likeness (QED) is 0.492. The summed E-state index contributed by atoms with van der Waals surface area (Å²) in [7, 11) is 1.61. The third kappa shape index (κ3) is 5.58. The summed E-state index contributed by atoms with van der Waals surface area (Å²) in [5.74, 6) is 2.07. The molecule has 0 aliphatic carbocycles. The fourth-order valence-corrected chi connectivity index (χ4v) is 2.02. The average molecular weight is 394 g/mol. The number of ether oxygens (including phenoxy) is 3. The van der Waals surface area contributed by atoms with Gasteiger partial charge >= 0.3 is 0 Å². The molecule has 0 heterocycles. The molecule has 0 unspecified atom stereocenters. The summed E-state index contributed by atoms with van der Waals surface area (Å²) in [6, 6.07) is 13.2. The number of nitrogens with zero attached hydrogens (tertiary/aromatic N) is 1. The molecule has 0 radical (unpaired) electrons. The van der Waals surface area contributed by atoms with Gasteiger partial charge in [-0.2, -0.15) is 0 Å². The summed E-state index contributed by atoms with van der Waals surface area (Å²) in [6.45, 7) is 0.695. The van der Waals surface area contributed by atoms with E-state index in [0.717, 1.165) is 16.0 Å². The topological polar surface area (TPSA) is 70.8 Å². The third-order valence-electron chi connectivity index (χ3n) is 3.04. The molecule has 0 aromatic heterocycles. The molecule has 126 valence electrons. The Balaban J connectivity index is 1.77. The summed E-state index contributed by atoms with van der Waals surface area (Å²) in [5, 5.41) is 10.6. The first kappa shape index (κ1) is 17.8. The number of rotatable bonds is 8. The van der Waals surface area contributed by atoms with Gasteiger partial charge in [0, 0.05) is 16.6 Å². The minimum Gasteiger partial charge on any atom is -0.497 e. The van der Waals surface area contributed by atoms with Crippen molar-refractivity contribution in [3.05, 3.63) is 69.2 Å². The van der Waals surface area contributed by atoms with E-state index in [1.807, 2.05) is 30.3 Å². The minimum absolute atomic E-state index is 0.0323. The van der Waals surface area contributed by atoms with Crippen molar-refractivity contribution in [1.29, 1.82) is 0 Å². The Kier molecular flexibility index (Phi) is 6.62. The lowest BCUT2D eigenvalue weighted by Gasteiger charge is -2.07. The standard InChI is InChI=1S/C17H16BrNO5/c1-22-15-6-8-16(9-7-15)23-11-10-13(18)12-24-17-4-2-14(3-5-17)19(20)21/h2-10H,11-12H2,1H3/b13-10-. The number of hydrogen-bond donors (Lipinski definition) is 0. The van der Waals surface area contributed by atoms with Crippen LogP contribution in [0.4, 0.5) is 5.69 Å². The maximum Gasteiger partial charge on any atom is 0.269 e. The molecule has 0 fully saturated rings. The molecule has 24 heavy (non-hydrogen) atoms. The number of hydrogen-bond acceptors (Lipinski definition) is 5. The molecule has 0 saturated heterocycles. The normalized spacial score (nSPS) is 11.0. The molecule has 0 amide bonds. The van der Waals surface area contributed by atoms with Gasteiger partial charge in [0.1, 0.15) is 30.5 Å². The molecule has 0 saturated carbocycles. The molecule has 0 N–H and O–H groups in total. The van der Waals surface area contributed by atoms with E-state index < -0.39 is 4.92 Å². The molecule has 6 nitrogen and oxygen atoms in total. The van der Waals surface area contributed by atoms with Gasteiger partial charge in [0.25, 0.3) is 5.69 Å². The van der Waals surface area contributed by atoms with Gasteiger partial charge in [-0.1, -0.05) is 15.9 Å². The van der Waals surface area contributed by atoms with Gasteiger partial charge in [0.05, 0.1) is 12.0 Å². The van der Waals surface area contributed by atoms with Crippen LogP contribution in [-0.4, -0.2) is 25.2 Å². The van der Waals surface area contributed by atoms with Crippen molar-refractivity contribution in [3.63, 3.8) is 0 Å². The summed E-state index contributed by atoms with van der Waals surface area (Å²) in [5.41, 5.74) is 0.0323. The smallest absolute Gasteiger partial charge is 0.269 e. The average Bonchev–Trinajstić information content (AvgIpc) is 2.61. The second-order valence-electron chi connectivity index (χ2n) is 4.68. The van der Waals surface area contributed by atoms with E-state index in [9.17, 15) is 10.1 Å². The SMILES string of the molecule is COc1ccc(OC/C=C(\Br)COc2ccc([N+](=O)[O-])cc2)cc1. The van der Waals surface area contributed by atoms with E-state index in [4.69, 9.17) is 14.2 Å². The van der Waals surface area contributed by atoms with E-state index in [1.54, 1.807) is 19.2 Å². The predicted octanol–water partition coefficient (Wildman–Crippen LogP) is 4.34. The van der Waals surface area contributed by atoms with Gasteiger partial charge in [-0.3, -0.25) is 10.1 Å². The van der Waals surface area contributed by atoms with E-state index in [2.05, 4.69) is 15.9 Å². The molecule has 2 rings (SSSR count). The zero-order valence-corrected chi connectivity index (χ0v) is 14.6. The van der Waals surface area contributed by atoms with Gasteiger partial charge in [-0.25, -0.2) is 0 Å². The summed E-state index contributed by atoms with van der Waals surface area (Å²) in [6.07, 6.45) is 1.84. The van der Waals surface area contributed by atoms with Crippen molar-refractivity contribution in [2.24, 2.45) is 0 Å². The molecule has 0 atom stereocenters. The molecule has 0 aliphatic heterocycles. The number of nitro benzene ring substituents is 1. The van der Waals surface area contributed by atoms with Crippen LogP contribution in [0.1, 0.15) is 0 Å². The van der Waals surface area contributed by atoms with Gasteiger partial charge in [0.2, 0.25) is 0 Å². The second-order valence-corrected chi connectivity index (χ2v) is 5.70. The Bertz CT molecular complexity index is 698. The van der Waals surface area contributed by atoms with E-state index in [-0.39, 0.29) is 5.69 Å². The zero-order chi connectivity index (χ0) is 17.4. The van der Waals surface area contributed by atoms with Gasteiger partial charge in [-0.05, 0) is 42.5 Å². The van der Waals surface area contributed by atoms with Crippen LogP contribution in [0.2, 0.25) is 0 Å². The van der Waals surface area contributed by atoms with Crippen LogP contribution < -0.4 is 14.2 Å². The van der Waals surface area contributed by atoms with E-state index in [0.29, 0.717) is 19.0 Å². The fraction of sp³-hybridized carbons (Fsp3) is 0.176. The summed E-state index contributed by atoms with van der Waals surface area (Å²) in [4.78, 5) is 10.1. The van der Waals surface area contributed by atoms with Crippen LogP contribution in [0.25, 0.3) is 0 Å². The van der Waals surface area contributed by atoms with E-state index >= 15 is 0 Å². The fourth-order valence-electron chi connectivity index (χ4n) is 1.78. The molecular weight excluding hydrogens is 378 g/mol. The monoisotopic (exact) mass is 393 g/mol. The zero-order valence-electron chi connectivity index (χ0n) is 13.0. The number of benzene rings is 2. The first-order valence-corrected chi connectivity index (χ1v) is 7.86. The molecular formula is C17H16BrNO5. The van der Waals surface area contributed by atoms with Crippen molar-refractivity contribution in [2.45, 2.75) is 0 Å². The van der Waals surface area contributed by atoms with Crippen molar-refractivity contribution in [3.8, 4) is 17.2 Å². The highest BCUT2D eigenvalue weighted by Gasteiger charge is 2.04. The van der Waals surface area contributed by atoms with Crippen LogP contribution >= 0.6 is 15.9 Å². The molecule has 0 aliphatic rings. The third-order valence-corrected chi connectivity index (χ3v) is 3.59. The van der Waals surface area contributed by atoms with Crippen molar-refractivity contribution >= 4 is 21.6 Å². The Labute approximate surface area is 147 Å². The molecule has 2 aromatic rings. The van der Waals surface area contributed by atoms with E-state index in [1.165, 1.54) is 12.1 Å². The maximum absolute atomic E-state index is 10.6. The largest absolute Gasteiger partial charge is 0.497 e. The highest BCUT2D eigenvalue weighted by Crippen LogP contribution is 2.19. The molecule has 7 heteroatoms. The number of halogens is 1. The van der Waals surface area contributed by atoms with Gasteiger partial charge < -0.3 is 14.2 Å². The lowest BCUT2D eigenvalue weighted by atomic mass is 10.3. The number of methoxy groups -OCH3 is 1. The first-order valence-electron chi connectivity index (χ1n) is 7.07. The second kappa shape index (κ2) is 8.93. The van der Waals surface area contributed by atoms with Crippen molar-refractivity contribution in [1.82, 2.24) is 0 Å². The predicted molar refractivity (Wildman–Crippen MR) is 94.1 cm³/mol. The lowest BCUT2D eigenvalue weighted by Crippen LogP contribution is -2.00. The van der Waals surface area contributed by atoms with Crippen LogP contribution in [-0.2, 0) is 0 Å². The van der Waals surface area contributed by atoms with Crippen LogP contribution in [0.3, 0.4) is 0 Å². The van der Waals surface area contributed by atoms with Crippen LogP contribution in [0.5, 0.6) is 17.2 Å². The molecule has 2 aromatic carbocycles. The lowest BCUT2D eigenvalue weighted by molar-refractivity contribution is -0.384. The number of nitro groups is 1. The Hall–Kier alpha value is -2.54. The summed E-state index contributed by atoms with van der Waals surface area (Å²) >= 11 is 3.40. The van der Waals surface area contributed by atoms with Crippen LogP contribution in [0, 0.1) is 10.1 Å². The highest BCUT2D eigenvalue weighted by atomic mass is 79.9. The van der Waals surface area contributed by atoms with Gasteiger partial charge in [-0.15, -0.1) is 0 Å². The first-order chi connectivity index (χ1) is 11.6.